The molecule has 2 saturated carbocycles. The summed E-state index contributed by atoms with van der Waals surface area (Å²) in [5, 5.41) is 25.2. The van der Waals surface area contributed by atoms with E-state index in [-0.39, 0.29) is 35.6 Å². The lowest BCUT2D eigenvalue weighted by molar-refractivity contribution is -0.117. The number of nitrogens with zero attached hydrogens (tertiary/aromatic N) is 3. The maximum Gasteiger partial charge on any atom is 0.404 e. The fourth-order valence-corrected chi connectivity index (χ4v) is 10.5. The van der Waals surface area contributed by atoms with Crippen molar-refractivity contribution in [3.05, 3.63) is 72.6 Å². The van der Waals surface area contributed by atoms with Gasteiger partial charge in [0.15, 0.2) is 9.84 Å². The smallest absolute Gasteiger partial charge is 0.404 e. The van der Waals surface area contributed by atoms with Gasteiger partial charge in [0.05, 0.1) is 21.6 Å². The van der Waals surface area contributed by atoms with Crippen LogP contribution in [0.4, 0.5) is 14.9 Å². The number of carbonyl (C=O) groups is 2. The monoisotopic (exact) mass is 677 g/mol. The predicted molar refractivity (Wildman–Crippen MR) is 180 cm³/mol. The van der Waals surface area contributed by atoms with Crippen LogP contribution < -0.4 is 15.5 Å². The van der Waals surface area contributed by atoms with E-state index in [2.05, 4.69) is 33.1 Å². The Morgan fingerprint density at radius 2 is 1.77 bits per heavy atom. The number of benzene rings is 2. The van der Waals surface area contributed by atoms with Gasteiger partial charge in [0, 0.05) is 49.2 Å². The summed E-state index contributed by atoms with van der Waals surface area (Å²) in [5.74, 6) is -0.464. The van der Waals surface area contributed by atoms with Crippen molar-refractivity contribution in [2.75, 3.05) is 37.6 Å². The summed E-state index contributed by atoms with van der Waals surface area (Å²) in [4.78, 5) is 28.1. The van der Waals surface area contributed by atoms with E-state index in [4.69, 9.17) is 0 Å². The SMILES string of the molecule is C=CC(=O)NC1CC(S(=O)(=O)c2ccc(N3CC(CN4CCC([C@@](C#N)(c5cccc(F)c5)[C@H]5CCC[C@@H]5NC(=O)O)CC4)C3)cc2)C1. The number of hydrogen-bond donors (Lipinski definition) is 3. The molecule has 256 valence electrons. The minimum atomic E-state index is -3.46. The molecule has 12 heteroatoms. The van der Waals surface area contributed by atoms with E-state index >= 15 is 0 Å². The fraction of sp³-hybridized carbons (Fsp3) is 0.528. The molecule has 2 aromatic rings. The third-order valence-corrected chi connectivity index (χ3v) is 13.4. The second kappa shape index (κ2) is 13.9. The molecule has 4 aliphatic rings. The highest BCUT2D eigenvalue weighted by atomic mass is 32.2. The minimum Gasteiger partial charge on any atom is -0.465 e. The molecule has 0 spiro atoms. The first-order valence-electron chi connectivity index (χ1n) is 16.9. The van der Waals surface area contributed by atoms with Crippen LogP contribution in [-0.4, -0.2) is 80.5 Å². The summed E-state index contributed by atoms with van der Waals surface area (Å²) >= 11 is 0. The van der Waals surface area contributed by atoms with Crippen molar-refractivity contribution in [1.29, 1.82) is 5.26 Å². The summed E-state index contributed by atoms with van der Waals surface area (Å²) < 4.78 is 40.7. The molecule has 48 heavy (non-hydrogen) atoms. The lowest BCUT2D eigenvalue weighted by Crippen LogP contribution is -2.55. The summed E-state index contributed by atoms with van der Waals surface area (Å²) in [5.41, 5.74) is 0.658. The molecule has 4 fully saturated rings. The number of carbonyl (C=O) groups excluding carboxylic acids is 1. The van der Waals surface area contributed by atoms with Crippen LogP contribution in [0.3, 0.4) is 0 Å². The van der Waals surface area contributed by atoms with E-state index in [9.17, 15) is 32.8 Å². The molecule has 2 amide bonds. The third-order valence-electron chi connectivity index (χ3n) is 11.2. The maximum atomic E-state index is 14.5. The summed E-state index contributed by atoms with van der Waals surface area (Å²) in [7, 11) is -3.46. The van der Waals surface area contributed by atoms with E-state index in [0.717, 1.165) is 64.1 Å². The van der Waals surface area contributed by atoms with Crippen molar-refractivity contribution in [2.45, 2.75) is 72.6 Å². The number of rotatable bonds is 11. The second-order valence-electron chi connectivity index (χ2n) is 14.0. The predicted octanol–water partition coefficient (Wildman–Crippen LogP) is 4.48. The Labute approximate surface area is 281 Å². The van der Waals surface area contributed by atoms with Gasteiger partial charge in [-0.05, 0) is 106 Å². The van der Waals surface area contributed by atoms with E-state index in [0.29, 0.717) is 35.6 Å². The Bertz CT molecular complexity index is 1660. The zero-order valence-electron chi connectivity index (χ0n) is 27.1. The molecule has 2 saturated heterocycles. The van der Waals surface area contributed by atoms with Gasteiger partial charge in [-0.1, -0.05) is 25.1 Å². The van der Waals surface area contributed by atoms with Gasteiger partial charge in [-0.3, -0.25) is 4.79 Å². The number of carboxylic acid groups (broad SMARTS) is 1. The van der Waals surface area contributed by atoms with Crippen LogP contribution >= 0.6 is 0 Å². The van der Waals surface area contributed by atoms with Crippen molar-refractivity contribution < 1.29 is 27.5 Å². The zero-order chi connectivity index (χ0) is 34.1. The molecule has 0 bridgehead atoms. The molecular weight excluding hydrogens is 633 g/mol. The van der Waals surface area contributed by atoms with Crippen molar-refractivity contribution >= 4 is 27.5 Å². The van der Waals surface area contributed by atoms with E-state index in [1.165, 1.54) is 18.2 Å². The topological polar surface area (TPSA) is 143 Å². The van der Waals surface area contributed by atoms with Crippen LogP contribution in [0, 0.1) is 34.9 Å². The Kier molecular flexibility index (Phi) is 9.81. The highest BCUT2D eigenvalue weighted by Crippen LogP contribution is 2.50. The van der Waals surface area contributed by atoms with E-state index < -0.39 is 26.6 Å². The summed E-state index contributed by atoms with van der Waals surface area (Å²) in [6.45, 7) is 7.72. The number of sulfone groups is 1. The van der Waals surface area contributed by atoms with Crippen LogP contribution in [-0.2, 0) is 20.0 Å². The van der Waals surface area contributed by atoms with Gasteiger partial charge in [0.25, 0.3) is 0 Å². The van der Waals surface area contributed by atoms with Gasteiger partial charge in [-0.2, -0.15) is 5.26 Å². The number of piperidine rings is 1. The molecule has 3 atom stereocenters. The van der Waals surface area contributed by atoms with Crippen LogP contribution in [0.2, 0.25) is 0 Å². The number of amides is 2. The number of halogens is 1. The van der Waals surface area contributed by atoms with Gasteiger partial charge in [-0.25, -0.2) is 17.6 Å². The summed E-state index contributed by atoms with van der Waals surface area (Å²) in [6, 6.07) is 15.6. The molecule has 3 N–H and O–H groups in total. The van der Waals surface area contributed by atoms with Crippen molar-refractivity contribution in [2.24, 2.45) is 17.8 Å². The lowest BCUT2D eigenvalue weighted by Gasteiger charge is -2.48. The summed E-state index contributed by atoms with van der Waals surface area (Å²) in [6.07, 6.45) is 4.66. The van der Waals surface area contributed by atoms with E-state index in [1.807, 2.05) is 18.2 Å². The number of hydrogen-bond acceptors (Lipinski definition) is 7. The van der Waals surface area contributed by atoms with Gasteiger partial charge >= 0.3 is 6.09 Å². The van der Waals surface area contributed by atoms with Gasteiger partial charge < -0.3 is 25.5 Å². The standard InChI is InChI=1S/C36H44FN5O5S/c1-2-34(43)39-28-18-31(19-28)48(46,47)30-11-9-29(10-12-30)42-21-24(22-42)20-41-15-13-25(14-16-41)36(23-38,26-5-3-6-27(37)17-26)32-7-4-8-33(32)40-35(44)45/h2-3,5-6,9-12,17,24-25,28,31-33,40H,1,4,7-8,13-16,18-22H2,(H,39,43)(H,44,45)/t28?,31?,32-,33-,36-/m0/s1. The van der Waals surface area contributed by atoms with Gasteiger partial charge in [0.1, 0.15) is 5.82 Å². The molecule has 0 radical (unpaired) electrons. The zero-order valence-corrected chi connectivity index (χ0v) is 27.9. The second-order valence-corrected chi connectivity index (χ2v) is 16.2. The molecule has 0 aromatic heterocycles. The fourth-order valence-electron chi connectivity index (χ4n) is 8.64. The first-order valence-corrected chi connectivity index (χ1v) is 18.5. The minimum absolute atomic E-state index is 0.0221. The molecule has 6 rings (SSSR count). The molecule has 2 aliphatic heterocycles. The highest BCUT2D eigenvalue weighted by molar-refractivity contribution is 7.92. The van der Waals surface area contributed by atoms with Crippen molar-refractivity contribution in [1.82, 2.24) is 15.5 Å². The Morgan fingerprint density at radius 1 is 1.06 bits per heavy atom. The Morgan fingerprint density at radius 3 is 2.40 bits per heavy atom. The quantitative estimate of drug-likeness (QED) is 0.296. The molecule has 2 aliphatic carbocycles. The third kappa shape index (κ3) is 6.67. The van der Waals surface area contributed by atoms with Crippen LogP contribution in [0.1, 0.15) is 50.5 Å². The average molecular weight is 678 g/mol. The first-order chi connectivity index (χ1) is 23.0. The van der Waals surface area contributed by atoms with Crippen LogP contribution in [0.5, 0.6) is 0 Å². The van der Waals surface area contributed by atoms with Gasteiger partial charge in [-0.15, -0.1) is 0 Å². The molecule has 2 heterocycles. The normalized spacial score (nSPS) is 26.4. The van der Waals surface area contributed by atoms with Crippen LogP contribution in [0.15, 0.2) is 66.1 Å². The number of likely N-dealkylation sites (tertiary alicyclic amines) is 1. The largest absolute Gasteiger partial charge is 0.465 e. The van der Waals surface area contributed by atoms with E-state index in [1.54, 1.807) is 18.2 Å². The molecular formula is C36H44FN5O5S. The highest BCUT2D eigenvalue weighted by Gasteiger charge is 2.53. The van der Waals surface area contributed by atoms with Gasteiger partial charge in [0.2, 0.25) is 5.91 Å². The Balaban J connectivity index is 1.03. The number of anilines is 1. The number of nitriles is 1. The average Bonchev–Trinajstić information content (AvgIpc) is 3.49. The first kappa shape index (κ1) is 33.9. The lowest BCUT2D eigenvalue weighted by atomic mass is 9.59. The maximum absolute atomic E-state index is 14.5. The molecule has 0 unspecified atom stereocenters. The van der Waals surface area contributed by atoms with Crippen molar-refractivity contribution in [3.63, 3.8) is 0 Å². The van der Waals surface area contributed by atoms with Crippen molar-refractivity contribution in [3.8, 4) is 6.07 Å². The van der Waals surface area contributed by atoms with Crippen LogP contribution in [0.25, 0.3) is 0 Å². The molecule has 10 nitrogen and oxygen atoms in total. The molecule has 2 aromatic carbocycles. The number of nitrogens with one attached hydrogen (secondary N) is 2. The Hall–Kier alpha value is -3.95.